The van der Waals surface area contributed by atoms with Crippen LogP contribution < -0.4 is 14.8 Å². The topological polar surface area (TPSA) is 85.0 Å². The summed E-state index contributed by atoms with van der Waals surface area (Å²) in [6.45, 7) is 8.12. The summed E-state index contributed by atoms with van der Waals surface area (Å²) in [6, 6.07) is 5.82. The molecule has 0 atom stereocenters. The molecule has 0 spiro atoms. The Hall–Kier alpha value is -2.77. The van der Waals surface area contributed by atoms with Crippen LogP contribution in [0.5, 0.6) is 11.5 Å². The molecule has 8 heteroatoms. The van der Waals surface area contributed by atoms with E-state index < -0.39 is 0 Å². The van der Waals surface area contributed by atoms with E-state index in [-0.39, 0.29) is 5.92 Å². The van der Waals surface area contributed by atoms with E-state index in [1.54, 1.807) is 14.2 Å². The van der Waals surface area contributed by atoms with Crippen LogP contribution in [0.4, 0.5) is 0 Å². The summed E-state index contributed by atoms with van der Waals surface area (Å²) in [4.78, 5) is 11.1. The fourth-order valence-corrected chi connectivity index (χ4v) is 2.64. The molecule has 1 aromatic carbocycles. The summed E-state index contributed by atoms with van der Waals surface area (Å²) in [6.07, 6.45) is 0.605. The number of methoxy groups -OCH3 is 2. The molecule has 0 aliphatic carbocycles. The first-order valence-corrected chi connectivity index (χ1v) is 9.51. The van der Waals surface area contributed by atoms with E-state index in [0.717, 1.165) is 35.4 Å². The van der Waals surface area contributed by atoms with Crippen molar-refractivity contribution < 1.29 is 14.0 Å². The molecule has 0 fully saturated rings. The zero-order valence-corrected chi connectivity index (χ0v) is 17.7. The maximum absolute atomic E-state index is 5.49. The highest BCUT2D eigenvalue weighted by molar-refractivity contribution is 5.79. The van der Waals surface area contributed by atoms with E-state index in [2.05, 4.69) is 25.3 Å². The third kappa shape index (κ3) is 5.87. The first-order chi connectivity index (χ1) is 13.5. The lowest BCUT2D eigenvalue weighted by Gasteiger charge is -2.23. The highest BCUT2D eigenvalue weighted by Crippen LogP contribution is 2.25. The van der Waals surface area contributed by atoms with E-state index in [1.165, 1.54) is 0 Å². The number of ether oxygens (including phenoxy) is 2. The molecule has 0 unspecified atom stereocenters. The molecule has 0 radical (unpaired) electrons. The molecule has 0 aliphatic heterocycles. The number of nitrogens with zero attached hydrogens (tertiary/aromatic N) is 4. The molecule has 8 nitrogen and oxygen atoms in total. The second-order valence-electron chi connectivity index (χ2n) is 6.72. The van der Waals surface area contributed by atoms with Gasteiger partial charge in [-0.2, -0.15) is 4.98 Å². The van der Waals surface area contributed by atoms with Gasteiger partial charge in [0.05, 0.1) is 20.8 Å². The monoisotopic (exact) mass is 389 g/mol. The molecule has 28 heavy (non-hydrogen) atoms. The number of rotatable bonds is 9. The second kappa shape index (κ2) is 10.5. The van der Waals surface area contributed by atoms with Gasteiger partial charge in [-0.05, 0) is 19.1 Å². The number of guanidine groups is 1. The zero-order valence-electron chi connectivity index (χ0n) is 17.7. The first kappa shape index (κ1) is 21.5. The predicted octanol–water partition coefficient (Wildman–Crippen LogP) is 2.85. The van der Waals surface area contributed by atoms with E-state index in [1.807, 2.05) is 46.0 Å². The van der Waals surface area contributed by atoms with Crippen LogP contribution in [0.1, 0.15) is 44.0 Å². The smallest absolute Gasteiger partial charge is 0.228 e. The molecule has 0 saturated heterocycles. The highest BCUT2D eigenvalue weighted by Gasteiger charge is 2.12. The van der Waals surface area contributed by atoms with Gasteiger partial charge in [-0.3, -0.25) is 4.99 Å². The summed E-state index contributed by atoms with van der Waals surface area (Å²) in [5.74, 6) is 3.96. The van der Waals surface area contributed by atoms with Crippen molar-refractivity contribution in [2.45, 2.75) is 39.7 Å². The third-order valence-corrected chi connectivity index (χ3v) is 4.19. The van der Waals surface area contributed by atoms with Crippen LogP contribution in [0.25, 0.3) is 0 Å². The molecular weight excluding hydrogens is 358 g/mol. The molecule has 0 saturated carbocycles. The van der Waals surface area contributed by atoms with Gasteiger partial charge in [0.15, 0.2) is 11.8 Å². The first-order valence-electron chi connectivity index (χ1n) is 9.51. The van der Waals surface area contributed by atoms with Gasteiger partial charge in [0.25, 0.3) is 0 Å². The number of aromatic nitrogens is 2. The fraction of sp³-hybridized carbons (Fsp3) is 0.550. The Morgan fingerprint density at radius 1 is 1.29 bits per heavy atom. The van der Waals surface area contributed by atoms with Gasteiger partial charge in [0.2, 0.25) is 5.89 Å². The van der Waals surface area contributed by atoms with Crippen molar-refractivity contribution in [3.8, 4) is 11.5 Å². The number of nitrogens with one attached hydrogen (secondary N) is 1. The highest BCUT2D eigenvalue weighted by atomic mass is 16.5. The number of benzene rings is 1. The molecule has 1 N–H and O–H groups in total. The molecule has 2 aromatic rings. The van der Waals surface area contributed by atoms with E-state index in [0.29, 0.717) is 25.4 Å². The normalized spacial score (nSPS) is 11.6. The minimum Gasteiger partial charge on any atom is -0.497 e. The van der Waals surface area contributed by atoms with Gasteiger partial charge in [-0.1, -0.05) is 19.0 Å². The molecule has 1 heterocycles. The Balaban J connectivity index is 2.04. The number of hydrogen-bond donors (Lipinski definition) is 1. The minimum absolute atomic E-state index is 0.254. The zero-order chi connectivity index (χ0) is 20.5. The largest absolute Gasteiger partial charge is 0.497 e. The van der Waals surface area contributed by atoms with Gasteiger partial charge >= 0.3 is 0 Å². The summed E-state index contributed by atoms with van der Waals surface area (Å²) >= 11 is 0. The Labute approximate surface area is 166 Å². The van der Waals surface area contributed by atoms with Crippen LogP contribution in [-0.4, -0.2) is 55.4 Å². The van der Waals surface area contributed by atoms with Crippen molar-refractivity contribution in [1.82, 2.24) is 20.4 Å². The van der Waals surface area contributed by atoms with Gasteiger partial charge in [0, 0.05) is 44.1 Å². The molecule has 154 valence electrons. The third-order valence-electron chi connectivity index (χ3n) is 4.19. The Morgan fingerprint density at radius 3 is 2.68 bits per heavy atom. The summed E-state index contributed by atoms with van der Waals surface area (Å²) in [7, 11) is 5.30. The van der Waals surface area contributed by atoms with Crippen LogP contribution in [0.2, 0.25) is 0 Å². The van der Waals surface area contributed by atoms with Crippen molar-refractivity contribution in [2.75, 3.05) is 34.4 Å². The lowest BCUT2D eigenvalue weighted by Crippen LogP contribution is -2.38. The predicted molar refractivity (Wildman–Crippen MR) is 109 cm³/mol. The van der Waals surface area contributed by atoms with Crippen LogP contribution in [0.15, 0.2) is 27.7 Å². The van der Waals surface area contributed by atoms with Gasteiger partial charge < -0.3 is 24.2 Å². The van der Waals surface area contributed by atoms with Crippen LogP contribution >= 0.6 is 0 Å². The maximum atomic E-state index is 5.49. The van der Waals surface area contributed by atoms with Crippen LogP contribution in [-0.2, 0) is 13.0 Å². The van der Waals surface area contributed by atoms with Crippen LogP contribution in [0, 0.1) is 0 Å². The molecule has 0 aliphatic rings. The lowest BCUT2D eigenvalue weighted by atomic mass is 10.2. The standard InChI is InChI=1S/C20H31N5O3/c1-7-21-20(22-11-10-18-23-19(14(2)3)24-28-18)25(4)13-15-8-9-16(26-5)12-17(15)27-6/h8-9,12,14H,7,10-11,13H2,1-6H3,(H,21,22). The van der Waals surface area contributed by atoms with Crippen LogP contribution in [0.3, 0.4) is 0 Å². The molecule has 1 aromatic heterocycles. The maximum Gasteiger partial charge on any atom is 0.228 e. The van der Waals surface area contributed by atoms with E-state index in [9.17, 15) is 0 Å². The van der Waals surface area contributed by atoms with Gasteiger partial charge in [-0.15, -0.1) is 0 Å². The van der Waals surface area contributed by atoms with Crippen molar-refractivity contribution in [3.05, 3.63) is 35.5 Å². The summed E-state index contributed by atoms with van der Waals surface area (Å²) < 4.78 is 16.0. The molecular formula is C20H31N5O3. The average Bonchev–Trinajstić information content (AvgIpc) is 3.16. The van der Waals surface area contributed by atoms with Crippen molar-refractivity contribution in [3.63, 3.8) is 0 Å². The molecule has 0 bridgehead atoms. The number of aliphatic imine (C=N–C) groups is 1. The minimum atomic E-state index is 0.254. The quantitative estimate of drug-likeness (QED) is 0.521. The average molecular weight is 390 g/mol. The van der Waals surface area contributed by atoms with E-state index in [4.69, 9.17) is 14.0 Å². The second-order valence-corrected chi connectivity index (χ2v) is 6.72. The van der Waals surface area contributed by atoms with Crippen molar-refractivity contribution in [2.24, 2.45) is 4.99 Å². The lowest BCUT2D eigenvalue weighted by molar-refractivity contribution is 0.372. The fourth-order valence-electron chi connectivity index (χ4n) is 2.64. The van der Waals surface area contributed by atoms with Crippen molar-refractivity contribution in [1.29, 1.82) is 0 Å². The van der Waals surface area contributed by atoms with Gasteiger partial charge in [0.1, 0.15) is 11.5 Å². The molecule has 0 amide bonds. The molecule has 2 rings (SSSR count). The summed E-state index contributed by atoms with van der Waals surface area (Å²) in [5.41, 5.74) is 1.05. The Morgan fingerprint density at radius 2 is 2.07 bits per heavy atom. The van der Waals surface area contributed by atoms with E-state index >= 15 is 0 Å². The Bertz CT molecular complexity index is 773. The SMILES string of the molecule is CCNC(=NCCc1nc(C(C)C)no1)N(C)Cc1ccc(OC)cc1OC. The van der Waals surface area contributed by atoms with Crippen molar-refractivity contribution >= 4 is 5.96 Å². The van der Waals surface area contributed by atoms with Gasteiger partial charge in [-0.25, -0.2) is 0 Å². The summed E-state index contributed by atoms with van der Waals surface area (Å²) in [5, 5.41) is 7.31. The Kier molecular flexibility index (Phi) is 8.10. The number of hydrogen-bond acceptors (Lipinski definition) is 6.